The number of aryl methyl sites for hydroxylation is 1. The van der Waals surface area contributed by atoms with Gasteiger partial charge >= 0.3 is 12.1 Å². The van der Waals surface area contributed by atoms with Crippen molar-refractivity contribution in [3.63, 3.8) is 0 Å². The number of hydrogen-bond donors (Lipinski definition) is 1. The molecule has 0 bridgehead atoms. The van der Waals surface area contributed by atoms with E-state index >= 15 is 0 Å². The first-order valence-corrected chi connectivity index (χ1v) is 10.7. The fraction of sp³-hybridized carbons (Fsp3) is 0.480. The number of carbonyl (C=O) groups is 1. The molecule has 3 rings (SSSR count). The van der Waals surface area contributed by atoms with Crippen LogP contribution in [0.2, 0.25) is 0 Å². The van der Waals surface area contributed by atoms with E-state index in [9.17, 15) is 18.0 Å². The molecule has 32 heavy (non-hydrogen) atoms. The average Bonchev–Trinajstić information content (AvgIpc) is 2.72. The summed E-state index contributed by atoms with van der Waals surface area (Å²) in [7, 11) is 0. The van der Waals surface area contributed by atoms with Crippen LogP contribution in [0, 0.1) is 6.92 Å². The highest BCUT2D eigenvalue weighted by molar-refractivity contribution is 5.66. The molecule has 0 aliphatic carbocycles. The zero-order valence-corrected chi connectivity index (χ0v) is 18.9. The van der Waals surface area contributed by atoms with Crippen LogP contribution in [0.4, 0.5) is 13.2 Å². The Morgan fingerprint density at radius 2 is 1.84 bits per heavy atom. The molecule has 1 fully saturated rings. The van der Waals surface area contributed by atoms with Crippen molar-refractivity contribution in [2.75, 3.05) is 13.2 Å². The van der Waals surface area contributed by atoms with Gasteiger partial charge in [0.05, 0.1) is 23.8 Å². The Hall–Kier alpha value is -2.38. The zero-order chi connectivity index (χ0) is 23.6. The SMILES string of the molecule is CC(=O)OC1(C)CC[C@@](CO[C@H](C)c2cc(C)cc(C(F)(F)F)c2)(c2ccccc2)NC1. The van der Waals surface area contributed by atoms with Gasteiger partial charge in [-0.05, 0) is 56.9 Å². The van der Waals surface area contributed by atoms with E-state index in [1.807, 2.05) is 37.3 Å². The second-order valence-electron chi connectivity index (χ2n) is 8.93. The summed E-state index contributed by atoms with van der Waals surface area (Å²) >= 11 is 0. The molecule has 0 amide bonds. The van der Waals surface area contributed by atoms with Crippen molar-refractivity contribution in [2.45, 2.75) is 64.0 Å². The largest absolute Gasteiger partial charge is 0.458 e. The minimum absolute atomic E-state index is 0.267. The van der Waals surface area contributed by atoms with Crippen LogP contribution in [0.15, 0.2) is 48.5 Å². The second kappa shape index (κ2) is 9.24. The van der Waals surface area contributed by atoms with Gasteiger partial charge in [-0.15, -0.1) is 0 Å². The normalized spacial score (nSPS) is 24.7. The van der Waals surface area contributed by atoms with E-state index in [1.54, 1.807) is 19.9 Å². The Morgan fingerprint density at radius 3 is 2.41 bits per heavy atom. The van der Waals surface area contributed by atoms with Crippen molar-refractivity contribution in [1.82, 2.24) is 5.32 Å². The number of piperidine rings is 1. The third kappa shape index (κ3) is 5.70. The van der Waals surface area contributed by atoms with Gasteiger partial charge in [-0.1, -0.05) is 42.0 Å². The van der Waals surface area contributed by atoms with Gasteiger partial charge in [0.25, 0.3) is 0 Å². The highest BCUT2D eigenvalue weighted by atomic mass is 19.4. The lowest BCUT2D eigenvalue weighted by atomic mass is 9.78. The number of rotatable bonds is 6. The summed E-state index contributed by atoms with van der Waals surface area (Å²) in [4.78, 5) is 11.5. The van der Waals surface area contributed by atoms with Crippen molar-refractivity contribution < 1.29 is 27.4 Å². The first-order chi connectivity index (χ1) is 14.9. The predicted octanol–water partition coefficient (Wildman–Crippen LogP) is 5.69. The number of nitrogens with one attached hydrogen (secondary N) is 1. The fourth-order valence-corrected chi connectivity index (χ4v) is 4.23. The molecule has 174 valence electrons. The molecule has 1 aliphatic heterocycles. The molecule has 2 aromatic rings. The predicted molar refractivity (Wildman–Crippen MR) is 116 cm³/mol. The lowest BCUT2D eigenvalue weighted by Gasteiger charge is -2.46. The maximum Gasteiger partial charge on any atom is 0.416 e. The van der Waals surface area contributed by atoms with Gasteiger partial charge in [0, 0.05) is 13.5 Å². The molecule has 4 nitrogen and oxygen atoms in total. The van der Waals surface area contributed by atoms with Gasteiger partial charge in [-0.3, -0.25) is 4.79 Å². The number of esters is 1. The molecule has 0 radical (unpaired) electrons. The van der Waals surface area contributed by atoms with Crippen LogP contribution in [-0.2, 0) is 26.0 Å². The number of alkyl halides is 3. The van der Waals surface area contributed by atoms with Crippen molar-refractivity contribution in [3.05, 3.63) is 70.8 Å². The van der Waals surface area contributed by atoms with Crippen LogP contribution in [0.25, 0.3) is 0 Å². The number of hydrogen-bond acceptors (Lipinski definition) is 4. The summed E-state index contributed by atoms with van der Waals surface area (Å²) in [6, 6.07) is 13.8. The van der Waals surface area contributed by atoms with Crippen LogP contribution < -0.4 is 5.32 Å². The molecule has 0 spiro atoms. The summed E-state index contributed by atoms with van der Waals surface area (Å²) in [6.45, 7) is 7.41. The standard InChI is InChI=1S/C25H30F3NO3/c1-17-12-20(14-22(13-17)25(26,27)28)18(2)31-16-24(21-8-6-5-7-9-21)11-10-23(4,15-29-24)32-19(3)30/h5-9,12-14,18,29H,10-11,15-16H2,1-4H3/t18-,23?,24-/m1/s1. The topological polar surface area (TPSA) is 47.6 Å². The van der Waals surface area contributed by atoms with E-state index < -0.39 is 29.0 Å². The van der Waals surface area contributed by atoms with E-state index in [4.69, 9.17) is 9.47 Å². The van der Waals surface area contributed by atoms with Gasteiger partial charge in [-0.25, -0.2) is 0 Å². The Kier molecular flexibility index (Phi) is 7.00. The molecule has 1 heterocycles. The minimum atomic E-state index is -4.40. The maximum absolute atomic E-state index is 13.2. The monoisotopic (exact) mass is 449 g/mol. The molecule has 1 N–H and O–H groups in total. The molecule has 1 unspecified atom stereocenters. The van der Waals surface area contributed by atoms with Crippen molar-refractivity contribution in [2.24, 2.45) is 0 Å². The van der Waals surface area contributed by atoms with Crippen molar-refractivity contribution >= 4 is 5.97 Å². The summed E-state index contributed by atoms with van der Waals surface area (Å²) < 4.78 is 51.4. The highest BCUT2D eigenvalue weighted by Gasteiger charge is 2.43. The van der Waals surface area contributed by atoms with Crippen LogP contribution in [0.3, 0.4) is 0 Å². The third-order valence-corrected chi connectivity index (χ3v) is 6.07. The Labute approximate surface area is 187 Å². The zero-order valence-electron chi connectivity index (χ0n) is 18.9. The molecule has 0 aromatic heterocycles. The van der Waals surface area contributed by atoms with Crippen molar-refractivity contribution in [3.8, 4) is 0 Å². The van der Waals surface area contributed by atoms with Crippen LogP contribution in [0.5, 0.6) is 0 Å². The average molecular weight is 450 g/mol. The van der Waals surface area contributed by atoms with Crippen molar-refractivity contribution in [1.29, 1.82) is 0 Å². The molecular formula is C25H30F3NO3. The first-order valence-electron chi connectivity index (χ1n) is 10.7. The lowest BCUT2D eigenvalue weighted by Crippen LogP contribution is -2.58. The Bertz CT molecular complexity index is 935. The summed E-state index contributed by atoms with van der Waals surface area (Å²) in [5.41, 5.74) is 0.225. The summed E-state index contributed by atoms with van der Waals surface area (Å²) in [6.07, 6.45) is -3.65. The van der Waals surface area contributed by atoms with E-state index in [0.29, 0.717) is 30.5 Å². The quantitative estimate of drug-likeness (QED) is 0.576. The van der Waals surface area contributed by atoms with E-state index in [-0.39, 0.29) is 12.6 Å². The lowest BCUT2D eigenvalue weighted by molar-refractivity contribution is -0.159. The molecule has 1 saturated heterocycles. The van der Waals surface area contributed by atoms with E-state index in [2.05, 4.69) is 5.32 Å². The van der Waals surface area contributed by atoms with Gasteiger partial charge < -0.3 is 14.8 Å². The minimum Gasteiger partial charge on any atom is -0.458 e. The van der Waals surface area contributed by atoms with E-state index in [0.717, 1.165) is 17.7 Å². The summed E-state index contributed by atoms with van der Waals surface area (Å²) in [5, 5.41) is 3.52. The number of carbonyl (C=O) groups excluding carboxylic acids is 1. The molecule has 1 aliphatic rings. The van der Waals surface area contributed by atoms with Gasteiger partial charge in [0.15, 0.2) is 0 Å². The second-order valence-corrected chi connectivity index (χ2v) is 8.93. The van der Waals surface area contributed by atoms with Crippen LogP contribution in [0.1, 0.15) is 62.0 Å². The molecular weight excluding hydrogens is 419 g/mol. The number of halogens is 3. The Balaban J connectivity index is 1.80. The maximum atomic E-state index is 13.2. The van der Waals surface area contributed by atoms with E-state index in [1.165, 1.54) is 6.92 Å². The third-order valence-electron chi connectivity index (χ3n) is 6.07. The van der Waals surface area contributed by atoms with Gasteiger partial charge in [0.2, 0.25) is 0 Å². The van der Waals surface area contributed by atoms with Gasteiger partial charge in [0.1, 0.15) is 5.60 Å². The molecule has 2 aromatic carbocycles. The first kappa shape index (κ1) is 24.3. The smallest absolute Gasteiger partial charge is 0.416 e. The summed E-state index contributed by atoms with van der Waals surface area (Å²) in [5.74, 6) is -0.328. The molecule has 0 saturated carbocycles. The Morgan fingerprint density at radius 1 is 1.16 bits per heavy atom. The number of benzene rings is 2. The highest BCUT2D eigenvalue weighted by Crippen LogP contribution is 2.38. The van der Waals surface area contributed by atoms with Crippen LogP contribution in [-0.4, -0.2) is 24.7 Å². The molecule has 7 heteroatoms. The molecule has 3 atom stereocenters. The number of ether oxygens (including phenoxy) is 2. The van der Waals surface area contributed by atoms with Crippen LogP contribution >= 0.6 is 0 Å². The van der Waals surface area contributed by atoms with Gasteiger partial charge in [-0.2, -0.15) is 13.2 Å². The fourth-order valence-electron chi connectivity index (χ4n) is 4.23.